The Morgan fingerprint density at radius 1 is 0.421 bits per heavy atom. The van der Waals surface area contributed by atoms with Crippen molar-refractivity contribution in [1.29, 1.82) is 0 Å². The van der Waals surface area contributed by atoms with Crippen LogP contribution in [0.3, 0.4) is 0 Å². The average Bonchev–Trinajstić information content (AvgIpc) is 3.62. The van der Waals surface area contributed by atoms with Gasteiger partial charge in [0.1, 0.15) is 0 Å². The molecule has 0 fully saturated rings. The minimum atomic E-state index is 1.18. The van der Waals surface area contributed by atoms with Gasteiger partial charge >= 0.3 is 0 Å². The molecule has 0 aliphatic rings. The maximum absolute atomic E-state index is 2.50. The Morgan fingerprint density at radius 3 is 1.89 bits per heavy atom. The fourth-order valence-corrected chi connectivity index (χ4v) is 6.62. The van der Waals surface area contributed by atoms with Gasteiger partial charge in [-0.25, -0.2) is 0 Å². The van der Waals surface area contributed by atoms with Gasteiger partial charge in [0.25, 0.3) is 0 Å². The fraction of sp³-hybridized carbons (Fsp3) is 0. The van der Waals surface area contributed by atoms with E-state index in [-0.39, 0.29) is 0 Å². The van der Waals surface area contributed by atoms with Crippen LogP contribution in [-0.2, 0) is 0 Å². The van der Waals surface area contributed by atoms with Crippen LogP contribution in [0.25, 0.3) is 76.7 Å². The zero-order valence-corrected chi connectivity index (χ0v) is 20.6. The third-order valence-electron chi connectivity index (χ3n) is 8.18. The van der Waals surface area contributed by atoms with Crippen molar-refractivity contribution in [2.45, 2.75) is 0 Å². The van der Waals surface area contributed by atoms with E-state index in [2.05, 4.69) is 142 Å². The minimum absolute atomic E-state index is 1.18. The molecule has 0 radical (unpaired) electrons. The number of aromatic nitrogens is 2. The van der Waals surface area contributed by atoms with Gasteiger partial charge in [-0.2, -0.15) is 0 Å². The SMILES string of the molecule is c1ccc(-c2cc3cc4c(c5ccccc5n4-c4ccccc4)c4c5cc6ccccc6cc5n2c34)cc1. The number of hydrogen-bond acceptors (Lipinski definition) is 0. The van der Waals surface area contributed by atoms with Gasteiger partial charge in [-0.1, -0.05) is 91.0 Å². The molecule has 0 bridgehead atoms. The van der Waals surface area contributed by atoms with Crippen molar-refractivity contribution in [2.75, 3.05) is 0 Å². The predicted molar refractivity (Wildman–Crippen MR) is 161 cm³/mol. The minimum Gasteiger partial charge on any atom is -0.309 e. The molecule has 2 nitrogen and oxygen atoms in total. The second-order valence-electron chi connectivity index (χ2n) is 10.2. The summed E-state index contributed by atoms with van der Waals surface area (Å²) >= 11 is 0. The second-order valence-corrected chi connectivity index (χ2v) is 10.2. The Balaban J connectivity index is 1.59. The molecule has 2 heteroatoms. The van der Waals surface area contributed by atoms with Gasteiger partial charge in [0, 0.05) is 32.6 Å². The van der Waals surface area contributed by atoms with Crippen molar-refractivity contribution in [1.82, 2.24) is 8.97 Å². The lowest BCUT2D eigenvalue weighted by Crippen LogP contribution is -1.92. The fourth-order valence-electron chi connectivity index (χ4n) is 6.62. The highest BCUT2D eigenvalue weighted by molar-refractivity contribution is 6.33. The molecule has 0 aliphatic carbocycles. The molecule has 0 amide bonds. The average molecular weight is 483 g/mol. The third-order valence-corrected chi connectivity index (χ3v) is 8.18. The van der Waals surface area contributed by atoms with E-state index in [1.165, 1.54) is 76.7 Å². The Kier molecular flexibility index (Phi) is 3.82. The quantitative estimate of drug-likeness (QED) is 0.232. The van der Waals surface area contributed by atoms with Gasteiger partial charge in [-0.15, -0.1) is 0 Å². The molecule has 9 rings (SSSR count). The van der Waals surface area contributed by atoms with Crippen LogP contribution >= 0.6 is 0 Å². The van der Waals surface area contributed by atoms with E-state index in [9.17, 15) is 0 Å². The molecule has 0 atom stereocenters. The largest absolute Gasteiger partial charge is 0.309 e. The van der Waals surface area contributed by atoms with E-state index in [1.807, 2.05) is 0 Å². The van der Waals surface area contributed by atoms with E-state index in [0.29, 0.717) is 0 Å². The predicted octanol–water partition coefficient (Wildman–Crippen LogP) is 9.60. The molecule has 0 aliphatic heterocycles. The summed E-state index contributed by atoms with van der Waals surface area (Å²) < 4.78 is 4.93. The van der Waals surface area contributed by atoms with Gasteiger partial charge in [0.2, 0.25) is 0 Å². The standard InChI is InChI=1S/C36H22N2/c1-3-11-23(12-4-1)31-21-26-22-33-34(28-17-9-10-18-30(28)37(33)27-15-5-2-6-16-27)35-29-19-24-13-7-8-14-25(24)20-32(29)38(31)36(26)35/h1-22H. The number of benzene rings is 6. The first-order chi connectivity index (χ1) is 18.9. The lowest BCUT2D eigenvalue weighted by molar-refractivity contribution is 1.18. The highest BCUT2D eigenvalue weighted by atomic mass is 15.0. The van der Waals surface area contributed by atoms with Crippen LogP contribution in [0.5, 0.6) is 0 Å². The highest BCUT2D eigenvalue weighted by Gasteiger charge is 2.24. The van der Waals surface area contributed by atoms with Crippen molar-refractivity contribution < 1.29 is 0 Å². The van der Waals surface area contributed by atoms with Gasteiger partial charge < -0.3 is 8.97 Å². The van der Waals surface area contributed by atoms with Crippen molar-refractivity contribution in [3.8, 4) is 16.9 Å². The zero-order valence-electron chi connectivity index (χ0n) is 20.6. The van der Waals surface area contributed by atoms with Gasteiger partial charge in [-0.3, -0.25) is 0 Å². The summed E-state index contributed by atoms with van der Waals surface area (Å²) in [6, 6.07) is 48.6. The van der Waals surface area contributed by atoms with E-state index in [0.717, 1.165) is 0 Å². The Labute approximate surface area is 218 Å². The van der Waals surface area contributed by atoms with E-state index < -0.39 is 0 Å². The van der Waals surface area contributed by atoms with Crippen LogP contribution in [0.4, 0.5) is 0 Å². The Bertz CT molecular complexity index is 2320. The number of rotatable bonds is 2. The monoisotopic (exact) mass is 482 g/mol. The van der Waals surface area contributed by atoms with E-state index >= 15 is 0 Å². The van der Waals surface area contributed by atoms with E-state index in [1.54, 1.807) is 0 Å². The summed E-state index contributed by atoms with van der Waals surface area (Å²) in [6.07, 6.45) is 0. The molecule has 38 heavy (non-hydrogen) atoms. The van der Waals surface area contributed by atoms with Gasteiger partial charge in [0.05, 0.1) is 27.8 Å². The third kappa shape index (κ3) is 2.51. The molecule has 0 N–H and O–H groups in total. The molecular weight excluding hydrogens is 460 g/mol. The molecule has 9 aromatic rings. The number of para-hydroxylation sites is 2. The summed E-state index contributed by atoms with van der Waals surface area (Å²) in [6.45, 7) is 0. The van der Waals surface area contributed by atoms with Crippen LogP contribution in [0, 0.1) is 0 Å². The van der Waals surface area contributed by atoms with E-state index in [4.69, 9.17) is 0 Å². The number of hydrogen-bond donors (Lipinski definition) is 0. The lowest BCUT2D eigenvalue weighted by Gasteiger charge is -2.07. The molecule has 6 aromatic carbocycles. The maximum Gasteiger partial charge on any atom is 0.0622 e. The summed E-state index contributed by atoms with van der Waals surface area (Å²) in [4.78, 5) is 0. The topological polar surface area (TPSA) is 9.34 Å². The second kappa shape index (κ2) is 7.24. The molecular formula is C36H22N2. The molecule has 176 valence electrons. The van der Waals surface area contributed by atoms with Crippen LogP contribution in [0.1, 0.15) is 0 Å². The van der Waals surface area contributed by atoms with Crippen molar-refractivity contribution in [3.63, 3.8) is 0 Å². The first-order valence-corrected chi connectivity index (χ1v) is 13.1. The van der Waals surface area contributed by atoms with Crippen LogP contribution in [0.15, 0.2) is 133 Å². The number of fused-ring (bicyclic) bond motifs is 8. The molecule has 0 unspecified atom stereocenters. The van der Waals surface area contributed by atoms with Crippen molar-refractivity contribution in [3.05, 3.63) is 133 Å². The molecule has 0 saturated carbocycles. The maximum atomic E-state index is 2.50. The Morgan fingerprint density at radius 2 is 1.08 bits per heavy atom. The smallest absolute Gasteiger partial charge is 0.0622 e. The lowest BCUT2D eigenvalue weighted by atomic mass is 10.0. The van der Waals surface area contributed by atoms with Gasteiger partial charge in [0.15, 0.2) is 0 Å². The van der Waals surface area contributed by atoms with Crippen LogP contribution in [0.2, 0.25) is 0 Å². The van der Waals surface area contributed by atoms with Crippen LogP contribution in [-0.4, -0.2) is 8.97 Å². The number of nitrogens with zero attached hydrogens (tertiary/aromatic N) is 2. The normalized spacial score (nSPS) is 12.2. The van der Waals surface area contributed by atoms with Crippen molar-refractivity contribution >= 4 is 59.8 Å². The molecule has 3 aromatic heterocycles. The molecule has 0 saturated heterocycles. The summed E-state index contributed by atoms with van der Waals surface area (Å²) in [5.41, 5.74) is 8.70. The summed E-state index contributed by atoms with van der Waals surface area (Å²) in [5, 5.41) is 9.07. The summed E-state index contributed by atoms with van der Waals surface area (Å²) in [5.74, 6) is 0. The molecule has 0 spiro atoms. The highest BCUT2D eigenvalue weighted by Crippen LogP contribution is 2.46. The zero-order chi connectivity index (χ0) is 24.8. The Hall–Kier alpha value is -5.08. The van der Waals surface area contributed by atoms with Crippen LogP contribution < -0.4 is 0 Å². The summed E-state index contributed by atoms with van der Waals surface area (Å²) in [7, 11) is 0. The first kappa shape index (κ1) is 20.0. The first-order valence-electron chi connectivity index (χ1n) is 13.1. The van der Waals surface area contributed by atoms with Crippen molar-refractivity contribution in [2.24, 2.45) is 0 Å². The van der Waals surface area contributed by atoms with Gasteiger partial charge in [-0.05, 0) is 58.8 Å². The molecule has 3 heterocycles.